The lowest BCUT2D eigenvalue weighted by molar-refractivity contribution is 0.101. The Kier molecular flexibility index (Phi) is 5.13. The fourth-order valence-electron chi connectivity index (χ4n) is 2.62. The fraction of sp³-hybridized carbons (Fsp3) is 0.0909. The Hall–Kier alpha value is -3.40. The van der Waals surface area contributed by atoms with Gasteiger partial charge >= 0.3 is 6.09 Å². The highest BCUT2D eigenvalue weighted by Gasteiger charge is 2.17. The Labute approximate surface area is 152 Å². The number of hydrogen-bond acceptors (Lipinski definition) is 3. The van der Waals surface area contributed by atoms with E-state index in [2.05, 4.69) is 0 Å². The second kappa shape index (κ2) is 7.66. The molecule has 0 heterocycles. The van der Waals surface area contributed by atoms with Crippen molar-refractivity contribution in [1.29, 1.82) is 0 Å². The van der Waals surface area contributed by atoms with Gasteiger partial charge in [-0.25, -0.2) is 4.79 Å². The normalized spacial score (nSPS) is 10.2. The van der Waals surface area contributed by atoms with Crippen molar-refractivity contribution in [3.05, 3.63) is 84.4 Å². The number of ketones is 1. The molecule has 3 rings (SSSR count). The molecule has 0 unspecified atom stereocenters. The van der Waals surface area contributed by atoms with Crippen LogP contribution in [0.3, 0.4) is 0 Å². The highest BCUT2D eigenvalue weighted by molar-refractivity contribution is 5.99. The Bertz CT molecular complexity index is 921. The van der Waals surface area contributed by atoms with E-state index in [0.29, 0.717) is 11.3 Å². The van der Waals surface area contributed by atoms with Crippen LogP contribution in [0.25, 0.3) is 11.1 Å². The lowest BCUT2D eigenvalue weighted by Gasteiger charge is -2.18. The molecule has 0 saturated heterocycles. The number of hydrogen-bond donors (Lipinski definition) is 0. The second-order valence-electron chi connectivity index (χ2n) is 5.90. The maximum absolute atomic E-state index is 12.4. The molecular formula is C22H19NO3. The number of nitrogens with zero attached hydrogens (tertiary/aromatic N) is 1. The van der Waals surface area contributed by atoms with Crippen molar-refractivity contribution in [3.8, 4) is 16.9 Å². The van der Waals surface area contributed by atoms with Crippen molar-refractivity contribution in [1.82, 2.24) is 0 Å². The van der Waals surface area contributed by atoms with Gasteiger partial charge in [-0.3, -0.25) is 9.69 Å². The van der Waals surface area contributed by atoms with E-state index in [1.807, 2.05) is 66.7 Å². The SMILES string of the molecule is CC(=O)c1cc(-c2ccccc2)ccc1OC(=O)N(C)c1ccccc1. The Morgan fingerprint density at radius 1 is 0.808 bits per heavy atom. The van der Waals surface area contributed by atoms with Gasteiger partial charge in [0.1, 0.15) is 5.75 Å². The molecule has 0 N–H and O–H groups in total. The molecule has 0 aliphatic heterocycles. The van der Waals surface area contributed by atoms with Gasteiger partial charge in [-0.15, -0.1) is 0 Å². The standard InChI is InChI=1S/C22H19NO3/c1-16(24)20-15-18(17-9-5-3-6-10-17)13-14-21(20)26-22(25)23(2)19-11-7-4-8-12-19/h3-15H,1-2H3. The number of carbonyl (C=O) groups is 2. The predicted octanol–water partition coefficient (Wildman–Crippen LogP) is 5.19. The number of carbonyl (C=O) groups excluding carboxylic acids is 2. The van der Waals surface area contributed by atoms with E-state index < -0.39 is 6.09 Å². The summed E-state index contributed by atoms with van der Waals surface area (Å²) in [5.41, 5.74) is 2.98. The zero-order valence-corrected chi connectivity index (χ0v) is 14.7. The maximum atomic E-state index is 12.4. The van der Waals surface area contributed by atoms with E-state index in [-0.39, 0.29) is 11.5 Å². The molecule has 0 saturated carbocycles. The van der Waals surface area contributed by atoms with Crippen LogP contribution in [0.5, 0.6) is 5.75 Å². The number of benzene rings is 3. The van der Waals surface area contributed by atoms with Gasteiger partial charge in [-0.1, -0.05) is 54.6 Å². The van der Waals surface area contributed by atoms with Crippen LogP contribution < -0.4 is 9.64 Å². The molecule has 4 heteroatoms. The van der Waals surface area contributed by atoms with Gasteiger partial charge in [0.25, 0.3) is 0 Å². The molecule has 130 valence electrons. The molecule has 0 aromatic heterocycles. The largest absolute Gasteiger partial charge is 0.419 e. The van der Waals surface area contributed by atoms with Crippen molar-refractivity contribution >= 4 is 17.6 Å². The van der Waals surface area contributed by atoms with Crippen LogP contribution in [0.15, 0.2) is 78.9 Å². The van der Waals surface area contributed by atoms with E-state index in [0.717, 1.165) is 11.1 Å². The zero-order chi connectivity index (χ0) is 18.5. The fourth-order valence-corrected chi connectivity index (χ4v) is 2.62. The summed E-state index contributed by atoms with van der Waals surface area (Å²) in [5.74, 6) is 0.0953. The lowest BCUT2D eigenvalue weighted by atomic mass is 10.0. The van der Waals surface area contributed by atoms with Gasteiger partial charge in [0.2, 0.25) is 0 Å². The summed E-state index contributed by atoms with van der Waals surface area (Å²) in [6.07, 6.45) is -0.550. The summed E-state index contributed by atoms with van der Waals surface area (Å²) in [6.45, 7) is 1.46. The van der Waals surface area contributed by atoms with Gasteiger partial charge in [0.05, 0.1) is 5.56 Å². The molecule has 1 amide bonds. The molecule has 0 bridgehead atoms. The molecule has 3 aromatic rings. The third-order valence-corrected chi connectivity index (χ3v) is 4.08. The van der Waals surface area contributed by atoms with E-state index in [1.54, 1.807) is 19.2 Å². The minimum atomic E-state index is -0.550. The van der Waals surface area contributed by atoms with Crippen molar-refractivity contribution in [2.45, 2.75) is 6.92 Å². The first-order chi connectivity index (χ1) is 12.6. The van der Waals surface area contributed by atoms with Crippen LogP contribution in [0.4, 0.5) is 10.5 Å². The smallest absolute Gasteiger partial charge is 0.409 e. The first-order valence-electron chi connectivity index (χ1n) is 8.27. The second-order valence-corrected chi connectivity index (χ2v) is 5.90. The zero-order valence-electron chi connectivity index (χ0n) is 14.7. The minimum absolute atomic E-state index is 0.159. The average Bonchev–Trinajstić information content (AvgIpc) is 2.68. The van der Waals surface area contributed by atoms with Crippen molar-refractivity contribution in [2.75, 3.05) is 11.9 Å². The number of amides is 1. The number of para-hydroxylation sites is 1. The topological polar surface area (TPSA) is 46.6 Å². The molecule has 0 radical (unpaired) electrons. The molecule has 3 aromatic carbocycles. The first kappa shape index (κ1) is 17.4. The van der Waals surface area contributed by atoms with E-state index in [1.165, 1.54) is 11.8 Å². The van der Waals surface area contributed by atoms with Crippen molar-refractivity contribution in [2.24, 2.45) is 0 Å². The summed E-state index contributed by atoms with van der Waals surface area (Å²) in [7, 11) is 1.63. The van der Waals surface area contributed by atoms with E-state index in [9.17, 15) is 9.59 Å². The van der Waals surface area contributed by atoms with Crippen LogP contribution in [0.2, 0.25) is 0 Å². The predicted molar refractivity (Wildman–Crippen MR) is 103 cm³/mol. The molecule has 0 fully saturated rings. The van der Waals surface area contributed by atoms with Gasteiger partial charge in [-0.05, 0) is 42.3 Å². The number of anilines is 1. The molecule has 0 aliphatic rings. The van der Waals surface area contributed by atoms with E-state index in [4.69, 9.17) is 4.74 Å². The molecule has 4 nitrogen and oxygen atoms in total. The third kappa shape index (κ3) is 3.81. The van der Waals surface area contributed by atoms with Crippen LogP contribution in [-0.2, 0) is 0 Å². The van der Waals surface area contributed by atoms with Gasteiger partial charge in [0.15, 0.2) is 5.78 Å². The summed E-state index contributed by atoms with van der Waals surface area (Å²) in [5, 5.41) is 0. The van der Waals surface area contributed by atoms with E-state index >= 15 is 0 Å². The Balaban J connectivity index is 1.88. The highest BCUT2D eigenvalue weighted by atomic mass is 16.6. The van der Waals surface area contributed by atoms with Crippen LogP contribution >= 0.6 is 0 Å². The van der Waals surface area contributed by atoms with Crippen LogP contribution in [0.1, 0.15) is 17.3 Å². The lowest BCUT2D eigenvalue weighted by Crippen LogP contribution is -2.29. The highest BCUT2D eigenvalue weighted by Crippen LogP contribution is 2.28. The van der Waals surface area contributed by atoms with Crippen molar-refractivity contribution < 1.29 is 14.3 Å². The molecule has 0 atom stereocenters. The monoisotopic (exact) mass is 345 g/mol. The first-order valence-corrected chi connectivity index (χ1v) is 8.27. The summed E-state index contributed by atoms with van der Waals surface area (Å²) < 4.78 is 5.48. The molecule has 0 aliphatic carbocycles. The number of Topliss-reactive ketones (excluding diaryl/α,β-unsaturated/α-hetero) is 1. The summed E-state index contributed by atoms with van der Waals surface area (Å²) >= 11 is 0. The van der Waals surface area contributed by atoms with Gasteiger partial charge in [0, 0.05) is 12.7 Å². The van der Waals surface area contributed by atoms with Gasteiger partial charge in [-0.2, -0.15) is 0 Å². The summed E-state index contributed by atoms with van der Waals surface area (Å²) in [6, 6.07) is 24.2. The maximum Gasteiger partial charge on any atom is 0.419 e. The average molecular weight is 345 g/mol. The summed E-state index contributed by atoms with van der Waals surface area (Å²) in [4.78, 5) is 25.9. The molecule has 26 heavy (non-hydrogen) atoms. The van der Waals surface area contributed by atoms with Crippen molar-refractivity contribution in [3.63, 3.8) is 0 Å². The van der Waals surface area contributed by atoms with Crippen LogP contribution in [-0.4, -0.2) is 18.9 Å². The number of rotatable bonds is 4. The van der Waals surface area contributed by atoms with Crippen LogP contribution in [0, 0.1) is 0 Å². The quantitative estimate of drug-likeness (QED) is 0.611. The van der Waals surface area contributed by atoms with Gasteiger partial charge < -0.3 is 4.74 Å². The molecule has 0 spiro atoms. The molecular weight excluding hydrogens is 326 g/mol. The minimum Gasteiger partial charge on any atom is -0.409 e. The Morgan fingerprint density at radius 2 is 1.42 bits per heavy atom. The number of ether oxygens (including phenoxy) is 1. The Morgan fingerprint density at radius 3 is 2.04 bits per heavy atom. The third-order valence-electron chi connectivity index (χ3n) is 4.08.